The molecule has 1 unspecified atom stereocenters. The van der Waals surface area contributed by atoms with E-state index in [0.717, 1.165) is 18.6 Å². The summed E-state index contributed by atoms with van der Waals surface area (Å²) in [7, 11) is -2.85. The molecule has 0 bridgehead atoms. The van der Waals surface area contributed by atoms with Crippen LogP contribution >= 0.6 is 12.2 Å². The molecule has 1 aliphatic rings. The van der Waals surface area contributed by atoms with Gasteiger partial charge in [-0.05, 0) is 49.0 Å². The SMILES string of the molecule is CCCCCCCCc1ccccc1OC(=S)NCC1CCS(=O)(=O)C1. The summed E-state index contributed by atoms with van der Waals surface area (Å²) in [5.41, 5.74) is 1.18. The molecular weight excluding hydrogens is 366 g/mol. The lowest BCUT2D eigenvalue weighted by atomic mass is 10.0. The van der Waals surface area contributed by atoms with Crippen LogP contribution in [0.25, 0.3) is 0 Å². The first kappa shape index (κ1) is 21.2. The van der Waals surface area contributed by atoms with Gasteiger partial charge in [-0.15, -0.1) is 0 Å². The summed E-state index contributed by atoms with van der Waals surface area (Å²) in [5, 5.41) is 3.40. The van der Waals surface area contributed by atoms with Crippen molar-refractivity contribution in [3.05, 3.63) is 29.8 Å². The molecular formula is C20H31NO3S2. The van der Waals surface area contributed by atoms with Crippen molar-refractivity contribution in [2.24, 2.45) is 5.92 Å². The zero-order valence-corrected chi connectivity index (χ0v) is 17.3. The van der Waals surface area contributed by atoms with E-state index in [2.05, 4.69) is 18.3 Å². The second-order valence-electron chi connectivity index (χ2n) is 7.16. The Balaban J connectivity index is 1.75. The summed E-state index contributed by atoms with van der Waals surface area (Å²) in [5.74, 6) is 1.46. The van der Waals surface area contributed by atoms with Crippen LogP contribution in [0.4, 0.5) is 0 Å². The normalized spacial score (nSPS) is 18.6. The van der Waals surface area contributed by atoms with Crippen molar-refractivity contribution in [3.63, 3.8) is 0 Å². The second-order valence-corrected chi connectivity index (χ2v) is 9.76. The number of aryl methyl sites for hydroxylation is 1. The van der Waals surface area contributed by atoms with Crippen molar-refractivity contribution in [1.82, 2.24) is 5.32 Å². The van der Waals surface area contributed by atoms with Crippen LogP contribution < -0.4 is 10.1 Å². The van der Waals surface area contributed by atoms with E-state index in [4.69, 9.17) is 17.0 Å². The Bertz CT molecular complexity index is 673. The Morgan fingerprint density at radius 1 is 1.19 bits per heavy atom. The Morgan fingerprint density at radius 2 is 1.92 bits per heavy atom. The number of hydrogen-bond donors (Lipinski definition) is 1. The predicted molar refractivity (Wildman–Crippen MR) is 112 cm³/mol. The largest absolute Gasteiger partial charge is 0.432 e. The van der Waals surface area contributed by atoms with Crippen molar-refractivity contribution >= 4 is 27.2 Å². The first-order valence-corrected chi connectivity index (χ1v) is 12.0. The maximum Gasteiger partial charge on any atom is 0.262 e. The van der Waals surface area contributed by atoms with E-state index >= 15 is 0 Å². The van der Waals surface area contributed by atoms with E-state index in [1.54, 1.807) is 0 Å². The number of thiocarbonyl (C=S) groups is 1. The fourth-order valence-electron chi connectivity index (χ4n) is 3.30. The van der Waals surface area contributed by atoms with Gasteiger partial charge >= 0.3 is 0 Å². The predicted octanol–water partition coefficient (Wildman–Crippen LogP) is 4.28. The smallest absolute Gasteiger partial charge is 0.262 e. The van der Waals surface area contributed by atoms with Crippen LogP contribution in [0, 0.1) is 5.92 Å². The Labute approximate surface area is 163 Å². The topological polar surface area (TPSA) is 55.4 Å². The first-order chi connectivity index (χ1) is 12.5. The summed E-state index contributed by atoms with van der Waals surface area (Å²) in [6.07, 6.45) is 9.30. The molecule has 6 heteroatoms. The van der Waals surface area contributed by atoms with E-state index in [0.29, 0.717) is 18.1 Å². The van der Waals surface area contributed by atoms with Gasteiger partial charge in [-0.25, -0.2) is 8.42 Å². The lowest BCUT2D eigenvalue weighted by Gasteiger charge is -2.14. The molecule has 4 nitrogen and oxygen atoms in total. The molecule has 1 atom stereocenters. The molecule has 0 amide bonds. The minimum atomic E-state index is -2.85. The summed E-state index contributed by atoms with van der Waals surface area (Å²) >= 11 is 5.29. The lowest BCUT2D eigenvalue weighted by Crippen LogP contribution is -2.32. The van der Waals surface area contributed by atoms with Gasteiger partial charge in [0.1, 0.15) is 5.75 Å². The molecule has 1 aliphatic heterocycles. The van der Waals surface area contributed by atoms with Crippen LogP contribution in [0.2, 0.25) is 0 Å². The third kappa shape index (κ3) is 7.62. The Kier molecular flexibility index (Phi) is 8.85. The summed E-state index contributed by atoms with van der Waals surface area (Å²) in [6, 6.07) is 8.01. The Morgan fingerprint density at radius 3 is 2.65 bits per heavy atom. The van der Waals surface area contributed by atoms with Gasteiger partial charge < -0.3 is 10.1 Å². The number of benzene rings is 1. The molecule has 0 radical (unpaired) electrons. The minimum Gasteiger partial charge on any atom is -0.432 e. The van der Waals surface area contributed by atoms with Gasteiger partial charge in [-0.3, -0.25) is 0 Å². The van der Waals surface area contributed by atoms with E-state index in [1.165, 1.54) is 37.7 Å². The van der Waals surface area contributed by atoms with Crippen molar-refractivity contribution in [2.45, 2.75) is 58.3 Å². The molecule has 2 rings (SSSR count). The number of sulfone groups is 1. The number of rotatable bonds is 10. The van der Waals surface area contributed by atoms with Crippen LogP contribution in [0.3, 0.4) is 0 Å². The van der Waals surface area contributed by atoms with Gasteiger partial charge in [-0.2, -0.15) is 0 Å². The van der Waals surface area contributed by atoms with Gasteiger partial charge in [0.05, 0.1) is 11.5 Å². The molecule has 0 aromatic heterocycles. The third-order valence-corrected chi connectivity index (χ3v) is 6.90. The monoisotopic (exact) mass is 397 g/mol. The van der Waals surface area contributed by atoms with Crippen LogP contribution in [0.5, 0.6) is 5.75 Å². The van der Waals surface area contributed by atoms with Crippen LogP contribution in [-0.4, -0.2) is 31.6 Å². The molecule has 1 heterocycles. The number of ether oxygens (including phenoxy) is 1. The zero-order valence-electron chi connectivity index (χ0n) is 15.7. The Hall–Kier alpha value is -1.14. The van der Waals surface area contributed by atoms with Crippen molar-refractivity contribution in [2.75, 3.05) is 18.1 Å². The van der Waals surface area contributed by atoms with E-state index < -0.39 is 9.84 Å². The maximum atomic E-state index is 11.5. The first-order valence-electron chi connectivity index (χ1n) is 9.74. The summed E-state index contributed by atoms with van der Waals surface area (Å²) < 4.78 is 28.8. The number of hydrogen-bond acceptors (Lipinski definition) is 4. The standard InChI is InChI=1S/C20H31NO3S2/c1-2-3-4-5-6-7-10-18-11-8-9-12-19(18)24-20(25)21-15-17-13-14-26(22,23)16-17/h8-9,11-12,17H,2-7,10,13-16H2,1H3,(H,21,25). The summed E-state index contributed by atoms with van der Waals surface area (Å²) in [6.45, 7) is 2.79. The fourth-order valence-corrected chi connectivity index (χ4v) is 5.34. The van der Waals surface area contributed by atoms with Gasteiger partial charge in [0.2, 0.25) is 0 Å². The number of unbranched alkanes of at least 4 members (excludes halogenated alkanes) is 5. The van der Waals surface area contributed by atoms with E-state index in [1.807, 2.05) is 18.2 Å². The van der Waals surface area contributed by atoms with Gasteiger partial charge in [0.25, 0.3) is 5.17 Å². The molecule has 0 aliphatic carbocycles. The van der Waals surface area contributed by atoms with Crippen LogP contribution in [0.1, 0.15) is 57.4 Å². The molecule has 0 spiro atoms. The molecule has 146 valence electrons. The molecule has 1 saturated heterocycles. The number of nitrogens with one attached hydrogen (secondary N) is 1. The van der Waals surface area contributed by atoms with Crippen LogP contribution in [-0.2, 0) is 16.3 Å². The average molecular weight is 398 g/mol. The van der Waals surface area contributed by atoms with E-state index in [9.17, 15) is 8.42 Å². The molecule has 1 fully saturated rings. The maximum absolute atomic E-state index is 11.5. The highest BCUT2D eigenvalue weighted by molar-refractivity contribution is 7.91. The quantitative estimate of drug-likeness (QED) is 0.472. The fraction of sp³-hybridized carbons (Fsp3) is 0.650. The third-order valence-electron chi connectivity index (χ3n) is 4.84. The second kappa shape index (κ2) is 10.9. The van der Waals surface area contributed by atoms with Gasteiger partial charge in [0, 0.05) is 6.54 Å². The van der Waals surface area contributed by atoms with Crippen molar-refractivity contribution in [1.29, 1.82) is 0 Å². The molecule has 1 N–H and O–H groups in total. The highest BCUT2D eigenvalue weighted by Gasteiger charge is 2.27. The van der Waals surface area contributed by atoms with Crippen molar-refractivity contribution < 1.29 is 13.2 Å². The molecule has 1 aromatic carbocycles. The van der Waals surface area contributed by atoms with Gasteiger partial charge in [-0.1, -0.05) is 57.2 Å². The average Bonchev–Trinajstić information content (AvgIpc) is 2.96. The minimum absolute atomic E-state index is 0.125. The lowest BCUT2D eigenvalue weighted by molar-refractivity contribution is 0.496. The van der Waals surface area contributed by atoms with E-state index in [-0.39, 0.29) is 17.4 Å². The van der Waals surface area contributed by atoms with Gasteiger partial charge in [0.15, 0.2) is 9.84 Å². The van der Waals surface area contributed by atoms with Crippen molar-refractivity contribution in [3.8, 4) is 5.75 Å². The highest BCUT2D eigenvalue weighted by atomic mass is 32.2. The van der Waals surface area contributed by atoms with Crippen LogP contribution in [0.15, 0.2) is 24.3 Å². The number of para-hydroxylation sites is 1. The zero-order chi connectivity index (χ0) is 18.8. The highest BCUT2D eigenvalue weighted by Crippen LogP contribution is 2.21. The molecule has 26 heavy (non-hydrogen) atoms. The molecule has 1 aromatic rings. The summed E-state index contributed by atoms with van der Waals surface area (Å²) in [4.78, 5) is 0. The molecule has 0 saturated carbocycles.